The molecule has 29 heavy (non-hydrogen) atoms. The summed E-state index contributed by atoms with van der Waals surface area (Å²) < 4.78 is 1.73. The average Bonchev–Trinajstić information content (AvgIpc) is 3.22. The first-order valence-corrected chi connectivity index (χ1v) is 10.6. The summed E-state index contributed by atoms with van der Waals surface area (Å²) in [5.41, 5.74) is 4.34. The number of nitrogens with zero attached hydrogens (tertiary/aromatic N) is 4. The first-order chi connectivity index (χ1) is 13.6. The number of amides is 1. The van der Waals surface area contributed by atoms with Gasteiger partial charge in [0.15, 0.2) is 0 Å². The van der Waals surface area contributed by atoms with Crippen molar-refractivity contribution in [2.24, 2.45) is 5.41 Å². The van der Waals surface area contributed by atoms with Crippen molar-refractivity contribution in [2.45, 2.75) is 60.9 Å². The Morgan fingerprint density at radius 1 is 1.17 bits per heavy atom. The van der Waals surface area contributed by atoms with Gasteiger partial charge in [0.05, 0.1) is 18.2 Å². The second-order valence-electron chi connectivity index (χ2n) is 8.57. The lowest BCUT2D eigenvalue weighted by Gasteiger charge is -2.30. The van der Waals surface area contributed by atoms with Crippen LogP contribution < -0.4 is 5.32 Å². The molecule has 0 fully saturated rings. The van der Waals surface area contributed by atoms with Crippen molar-refractivity contribution < 1.29 is 4.79 Å². The Kier molecular flexibility index (Phi) is 5.89. The smallest absolute Gasteiger partial charge is 0.251 e. The molecule has 0 aromatic carbocycles. The molecule has 1 atom stereocenters. The zero-order chi connectivity index (χ0) is 21.3. The van der Waals surface area contributed by atoms with Crippen LogP contribution in [0.15, 0.2) is 23.6 Å². The molecule has 1 amide bonds. The number of nitrogens with one attached hydrogen (secondary N) is 1. The van der Waals surface area contributed by atoms with Crippen molar-refractivity contribution in [3.63, 3.8) is 0 Å². The number of rotatable bonds is 5. The van der Waals surface area contributed by atoms with Crippen molar-refractivity contribution >= 4 is 17.2 Å². The van der Waals surface area contributed by atoms with E-state index in [0.717, 1.165) is 28.3 Å². The Morgan fingerprint density at radius 3 is 2.38 bits per heavy atom. The molecule has 3 heterocycles. The molecule has 154 valence electrons. The van der Waals surface area contributed by atoms with Gasteiger partial charge in [-0.3, -0.25) is 4.79 Å². The first kappa shape index (κ1) is 21.2. The fourth-order valence-corrected chi connectivity index (χ4v) is 4.49. The molecular formula is C22H29N5OS. The normalized spacial score (nSPS) is 12.8. The quantitative estimate of drug-likeness (QED) is 0.675. The molecule has 3 rings (SSSR count). The Balaban J connectivity index is 1.85. The van der Waals surface area contributed by atoms with Gasteiger partial charge in [-0.2, -0.15) is 5.10 Å². The second kappa shape index (κ2) is 8.06. The van der Waals surface area contributed by atoms with Crippen LogP contribution in [0.1, 0.15) is 60.0 Å². The van der Waals surface area contributed by atoms with Gasteiger partial charge in [-0.05, 0) is 50.6 Å². The summed E-state index contributed by atoms with van der Waals surface area (Å²) >= 11 is 1.67. The van der Waals surface area contributed by atoms with Crippen LogP contribution in [0.5, 0.6) is 0 Å². The van der Waals surface area contributed by atoms with E-state index >= 15 is 0 Å². The summed E-state index contributed by atoms with van der Waals surface area (Å²) in [4.78, 5) is 23.1. The minimum absolute atomic E-state index is 0.00887. The van der Waals surface area contributed by atoms with Crippen LogP contribution in [-0.2, 0) is 11.2 Å². The van der Waals surface area contributed by atoms with E-state index in [4.69, 9.17) is 0 Å². The maximum atomic E-state index is 12.9. The van der Waals surface area contributed by atoms with E-state index in [-0.39, 0.29) is 23.8 Å². The number of carbonyl (C=O) groups is 1. The number of aromatic nitrogens is 4. The van der Waals surface area contributed by atoms with Crippen LogP contribution in [0, 0.1) is 33.1 Å². The Bertz CT molecular complexity index is 994. The largest absolute Gasteiger partial charge is 0.348 e. The van der Waals surface area contributed by atoms with Gasteiger partial charge in [0.2, 0.25) is 5.91 Å². The van der Waals surface area contributed by atoms with Crippen LogP contribution in [-0.4, -0.2) is 25.7 Å². The third-order valence-corrected chi connectivity index (χ3v) is 5.87. The van der Waals surface area contributed by atoms with Crippen molar-refractivity contribution in [3.05, 3.63) is 56.8 Å². The summed E-state index contributed by atoms with van der Waals surface area (Å²) in [5, 5.41) is 9.88. The third kappa shape index (κ3) is 4.72. The summed E-state index contributed by atoms with van der Waals surface area (Å²) in [6, 6.07) is 5.99. The monoisotopic (exact) mass is 411 g/mol. The molecule has 3 aromatic rings. The molecule has 3 aromatic heterocycles. The van der Waals surface area contributed by atoms with Gasteiger partial charge in [0.25, 0.3) is 5.95 Å². The van der Waals surface area contributed by atoms with Gasteiger partial charge in [-0.25, -0.2) is 14.6 Å². The number of hydrogen-bond donors (Lipinski definition) is 1. The standard InChI is InChI=1S/C22H29N5OS/c1-13-11-14(2)24-21(23-13)27-16(4)17(15(3)26-27)12-19(28)25-20(22(5,6)7)18-9-8-10-29-18/h8-11,20H,12H2,1-7H3,(H,25,28). The predicted molar refractivity (Wildman–Crippen MR) is 116 cm³/mol. The molecule has 0 aliphatic heterocycles. The second-order valence-corrected chi connectivity index (χ2v) is 9.55. The molecule has 1 N–H and O–H groups in total. The van der Waals surface area contributed by atoms with Crippen molar-refractivity contribution in [1.82, 2.24) is 25.1 Å². The zero-order valence-electron chi connectivity index (χ0n) is 18.2. The molecule has 0 aliphatic carbocycles. The van der Waals surface area contributed by atoms with Crippen LogP contribution in [0.3, 0.4) is 0 Å². The van der Waals surface area contributed by atoms with E-state index in [1.807, 2.05) is 45.2 Å². The van der Waals surface area contributed by atoms with E-state index in [0.29, 0.717) is 5.95 Å². The van der Waals surface area contributed by atoms with Crippen LogP contribution in [0.2, 0.25) is 0 Å². The van der Waals surface area contributed by atoms with E-state index in [2.05, 4.69) is 47.2 Å². The Labute approximate surface area is 176 Å². The van der Waals surface area contributed by atoms with E-state index < -0.39 is 0 Å². The van der Waals surface area contributed by atoms with Gasteiger partial charge >= 0.3 is 0 Å². The number of thiophene rings is 1. The molecule has 0 spiro atoms. The van der Waals surface area contributed by atoms with Crippen molar-refractivity contribution in [2.75, 3.05) is 0 Å². The van der Waals surface area contributed by atoms with E-state index in [1.54, 1.807) is 16.0 Å². The molecule has 0 saturated carbocycles. The molecule has 1 unspecified atom stereocenters. The average molecular weight is 412 g/mol. The number of carbonyl (C=O) groups excluding carboxylic acids is 1. The molecule has 0 radical (unpaired) electrons. The molecule has 0 saturated heterocycles. The van der Waals surface area contributed by atoms with Gasteiger partial charge in [-0.15, -0.1) is 11.3 Å². The highest BCUT2D eigenvalue weighted by molar-refractivity contribution is 7.10. The predicted octanol–water partition coefficient (Wildman–Crippen LogP) is 4.40. The van der Waals surface area contributed by atoms with Crippen molar-refractivity contribution in [1.29, 1.82) is 0 Å². The summed E-state index contributed by atoms with van der Waals surface area (Å²) in [6.07, 6.45) is 0.278. The highest BCUT2D eigenvalue weighted by Gasteiger charge is 2.29. The number of hydrogen-bond acceptors (Lipinski definition) is 5. The fraction of sp³-hybridized carbons (Fsp3) is 0.455. The highest BCUT2D eigenvalue weighted by atomic mass is 32.1. The summed E-state index contributed by atoms with van der Waals surface area (Å²) in [5.74, 6) is 0.534. The highest BCUT2D eigenvalue weighted by Crippen LogP contribution is 2.35. The summed E-state index contributed by atoms with van der Waals surface area (Å²) in [7, 11) is 0. The van der Waals surface area contributed by atoms with Crippen molar-refractivity contribution in [3.8, 4) is 5.95 Å². The minimum atomic E-state index is -0.0816. The number of aryl methyl sites for hydroxylation is 3. The maximum absolute atomic E-state index is 12.9. The van der Waals surface area contributed by atoms with Gasteiger partial charge in [0.1, 0.15) is 0 Å². The van der Waals surface area contributed by atoms with Gasteiger partial charge in [0, 0.05) is 27.5 Å². The molecule has 7 heteroatoms. The lowest BCUT2D eigenvalue weighted by atomic mass is 9.85. The molecule has 0 bridgehead atoms. The minimum Gasteiger partial charge on any atom is -0.348 e. The zero-order valence-corrected chi connectivity index (χ0v) is 19.0. The molecule has 0 aliphatic rings. The topological polar surface area (TPSA) is 72.7 Å². The summed E-state index contributed by atoms with van der Waals surface area (Å²) in [6.45, 7) is 14.2. The SMILES string of the molecule is Cc1cc(C)nc(-n2nc(C)c(CC(=O)NC(c3cccs3)C(C)(C)C)c2C)n1. The van der Waals surface area contributed by atoms with E-state index in [9.17, 15) is 4.79 Å². The Hall–Kier alpha value is -2.54. The van der Waals surface area contributed by atoms with Gasteiger partial charge in [-0.1, -0.05) is 26.8 Å². The fourth-order valence-electron chi connectivity index (χ4n) is 3.47. The lowest BCUT2D eigenvalue weighted by molar-refractivity contribution is -0.122. The molecule has 6 nitrogen and oxygen atoms in total. The maximum Gasteiger partial charge on any atom is 0.251 e. The van der Waals surface area contributed by atoms with E-state index in [1.165, 1.54) is 4.88 Å². The Morgan fingerprint density at radius 2 is 1.83 bits per heavy atom. The molecular weight excluding hydrogens is 382 g/mol. The third-order valence-electron chi connectivity index (χ3n) is 4.94. The first-order valence-electron chi connectivity index (χ1n) is 9.77. The van der Waals surface area contributed by atoms with Gasteiger partial charge < -0.3 is 5.32 Å². The van der Waals surface area contributed by atoms with Crippen LogP contribution in [0.4, 0.5) is 0 Å². The van der Waals surface area contributed by atoms with Crippen LogP contribution >= 0.6 is 11.3 Å². The lowest BCUT2D eigenvalue weighted by Crippen LogP contribution is -2.37. The van der Waals surface area contributed by atoms with Crippen LogP contribution in [0.25, 0.3) is 5.95 Å².